The minimum absolute atomic E-state index is 0.123. The molecule has 12 heavy (non-hydrogen) atoms. The van der Waals surface area contributed by atoms with Crippen LogP contribution in [-0.4, -0.2) is 42.7 Å². The van der Waals surface area contributed by atoms with Gasteiger partial charge in [0.1, 0.15) is 12.2 Å². The average molecular weight is 173 g/mol. The molecule has 1 saturated carbocycles. The molecule has 1 aliphatic carbocycles. The van der Waals surface area contributed by atoms with E-state index in [1.807, 2.05) is 0 Å². The Labute approximate surface area is 71.6 Å². The number of hydrogen-bond acceptors (Lipinski definition) is 4. The molecular formula is C8H15NO3. The molecule has 0 amide bonds. The lowest BCUT2D eigenvalue weighted by molar-refractivity contribution is -0.0895. The molecule has 1 aliphatic heterocycles. The van der Waals surface area contributed by atoms with Gasteiger partial charge in [-0.15, -0.1) is 0 Å². The second-order valence-electron chi connectivity index (χ2n) is 3.63. The molecule has 4 nitrogen and oxygen atoms in total. The number of rotatable bonds is 2. The van der Waals surface area contributed by atoms with Crippen LogP contribution in [0, 0.1) is 0 Å². The Bertz CT molecular complexity index is 158. The van der Waals surface area contributed by atoms with Crippen molar-refractivity contribution < 1.29 is 14.6 Å². The standard InChI is InChI=1S/C8H15NO3/c9-5-1-6(2-5)12-8-4-11-3-7(8)10/h5-8,10H,1-4,9H2. The lowest BCUT2D eigenvalue weighted by Crippen LogP contribution is -2.45. The van der Waals surface area contributed by atoms with Gasteiger partial charge in [-0.2, -0.15) is 0 Å². The van der Waals surface area contributed by atoms with Gasteiger partial charge < -0.3 is 20.3 Å². The Morgan fingerprint density at radius 3 is 2.58 bits per heavy atom. The van der Waals surface area contributed by atoms with E-state index in [4.69, 9.17) is 15.2 Å². The molecule has 1 saturated heterocycles. The first kappa shape index (κ1) is 8.44. The zero-order valence-electron chi connectivity index (χ0n) is 6.98. The number of hydrogen-bond donors (Lipinski definition) is 2. The molecule has 0 spiro atoms. The van der Waals surface area contributed by atoms with E-state index in [2.05, 4.69) is 0 Å². The summed E-state index contributed by atoms with van der Waals surface area (Å²) < 4.78 is 10.6. The van der Waals surface area contributed by atoms with Crippen molar-refractivity contribution in [1.29, 1.82) is 0 Å². The van der Waals surface area contributed by atoms with Crippen molar-refractivity contribution in [3.05, 3.63) is 0 Å². The Kier molecular flexibility index (Phi) is 2.32. The molecule has 2 fully saturated rings. The van der Waals surface area contributed by atoms with Crippen LogP contribution in [0.5, 0.6) is 0 Å². The van der Waals surface area contributed by atoms with E-state index in [9.17, 15) is 5.11 Å². The number of aliphatic hydroxyl groups is 1. The normalized spacial score (nSPS) is 47.5. The summed E-state index contributed by atoms with van der Waals surface area (Å²) >= 11 is 0. The molecule has 1 heterocycles. The Balaban J connectivity index is 1.72. The summed E-state index contributed by atoms with van der Waals surface area (Å²) in [4.78, 5) is 0. The van der Waals surface area contributed by atoms with Crippen molar-refractivity contribution in [2.45, 2.75) is 37.2 Å². The molecule has 2 atom stereocenters. The molecule has 2 unspecified atom stereocenters. The van der Waals surface area contributed by atoms with Crippen LogP contribution >= 0.6 is 0 Å². The van der Waals surface area contributed by atoms with Gasteiger partial charge >= 0.3 is 0 Å². The fraction of sp³-hybridized carbons (Fsp3) is 1.00. The van der Waals surface area contributed by atoms with Crippen molar-refractivity contribution in [2.24, 2.45) is 5.73 Å². The maximum atomic E-state index is 9.34. The fourth-order valence-electron chi connectivity index (χ4n) is 1.62. The van der Waals surface area contributed by atoms with Crippen LogP contribution in [0.1, 0.15) is 12.8 Å². The predicted octanol–water partition coefficient (Wildman–Crippen LogP) is -0.748. The van der Waals surface area contributed by atoms with Crippen LogP contribution in [0.4, 0.5) is 0 Å². The minimum atomic E-state index is -0.443. The van der Waals surface area contributed by atoms with Crippen molar-refractivity contribution in [3.63, 3.8) is 0 Å². The third-order valence-corrected chi connectivity index (χ3v) is 2.50. The summed E-state index contributed by atoms with van der Waals surface area (Å²) in [5.74, 6) is 0. The summed E-state index contributed by atoms with van der Waals surface area (Å²) in [6.07, 6.45) is 1.53. The highest BCUT2D eigenvalue weighted by atomic mass is 16.6. The summed E-state index contributed by atoms with van der Waals surface area (Å²) in [7, 11) is 0. The van der Waals surface area contributed by atoms with E-state index >= 15 is 0 Å². The van der Waals surface area contributed by atoms with Crippen molar-refractivity contribution in [1.82, 2.24) is 0 Å². The van der Waals surface area contributed by atoms with Crippen LogP contribution in [0.3, 0.4) is 0 Å². The van der Waals surface area contributed by atoms with Gasteiger partial charge in [0, 0.05) is 6.04 Å². The van der Waals surface area contributed by atoms with Crippen molar-refractivity contribution >= 4 is 0 Å². The van der Waals surface area contributed by atoms with Crippen molar-refractivity contribution in [2.75, 3.05) is 13.2 Å². The molecule has 0 aromatic rings. The van der Waals surface area contributed by atoms with Gasteiger partial charge in [-0.05, 0) is 12.8 Å². The highest BCUT2D eigenvalue weighted by Gasteiger charge is 2.34. The van der Waals surface area contributed by atoms with Crippen LogP contribution in [0.25, 0.3) is 0 Å². The Hall–Kier alpha value is -0.160. The van der Waals surface area contributed by atoms with Crippen LogP contribution in [-0.2, 0) is 9.47 Å². The maximum Gasteiger partial charge on any atom is 0.109 e. The molecular weight excluding hydrogens is 158 g/mol. The largest absolute Gasteiger partial charge is 0.388 e. The molecule has 0 aromatic heterocycles. The second kappa shape index (κ2) is 3.30. The SMILES string of the molecule is NC1CC(OC2COCC2O)C1. The lowest BCUT2D eigenvalue weighted by Gasteiger charge is -2.34. The van der Waals surface area contributed by atoms with E-state index < -0.39 is 6.10 Å². The van der Waals surface area contributed by atoms with E-state index in [0.29, 0.717) is 19.3 Å². The van der Waals surface area contributed by atoms with Gasteiger partial charge in [-0.1, -0.05) is 0 Å². The maximum absolute atomic E-state index is 9.34. The van der Waals surface area contributed by atoms with E-state index in [1.165, 1.54) is 0 Å². The van der Waals surface area contributed by atoms with Crippen LogP contribution in [0.2, 0.25) is 0 Å². The molecule has 3 N–H and O–H groups in total. The minimum Gasteiger partial charge on any atom is -0.388 e. The smallest absolute Gasteiger partial charge is 0.109 e. The third kappa shape index (κ3) is 1.61. The first-order chi connectivity index (χ1) is 5.75. The number of aliphatic hydroxyl groups excluding tert-OH is 1. The zero-order chi connectivity index (χ0) is 8.55. The van der Waals surface area contributed by atoms with Crippen LogP contribution in [0.15, 0.2) is 0 Å². The average Bonchev–Trinajstić information content (AvgIpc) is 2.33. The van der Waals surface area contributed by atoms with E-state index in [1.54, 1.807) is 0 Å². The van der Waals surface area contributed by atoms with E-state index in [-0.39, 0.29) is 12.2 Å². The van der Waals surface area contributed by atoms with Gasteiger partial charge in [0.2, 0.25) is 0 Å². The van der Waals surface area contributed by atoms with Gasteiger partial charge in [-0.3, -0.25) is 0 Å². The van der Waals surface area contributed by atoms with Gasteiger partial charge in [-0.25, -0.2) is 0 Å². The quantitative estimate of drug-likeness (QED) is 0.577. The predicted molar refractivity (Wildman–Crippen MR) is 42.7 cm³/mol. The van der Waals surface area contributed by atoms with Gasteiger partial charge in [0.15, 0.2) is 0 Å². The summed E-state index contributed by atoms with van der Waals surface area (Å²) in [6, 6.07) is 0.300. The summed E-state index contributed by atoms with van der Waals surface area (Å²) in [6.45, 7) is 0.927. The molecule has 0 radical (unpaired) electrons. The molecule has 4 heteroatoms. The molecule has 70 valence electrons. The Morgan fingerprint density at radius 2 is 2.08 bits per heavy atom. The molecule has 0 bridgehead atoms. The lowest BCUT2D eigenvalue weighted by atomic mass is 9.90. The van der Waals surface area contributed by atoms with E-state index in [0.717, 1.165) is 12.8 Å². The fourth-order valence-corrected chi connectivity index (χ4v) is 1.62. The number of ether oxygens (including phenoxy) is 2. The molecule has 2 rings (SSSR count). The highest BCUT2D eigenvalue weighted by Crippen LogP contribution is 2.24. The first-order valence-electron chi connectivity index (χ1n) is 4.42. The van der Waals surface area contributed by atoms with Gasteiger partial charge in [0.25, 0.3) is 0 Å². The monoisotopic (exact) mass is 173 g/mol. The van der Waals surface area contributed by atoms with Crippen molar-refractivity contribution in [3.8, 4) is 0 Å². The summed E-state index contributed by atoms with van der Waals surface area (Å²) in [5, 5.41) is 9.34. The first-order valence-corrected chi connectivity index (χ1v) is 4.42. The third-order valence-electron chi connectivity index (χ3n) is 2.50. The molecule has 2 aliphatic rings. The van der Waals surface area contributed by atoms with Crippen LogP contribution < -0.4 is 5.73 Å². The Morgan fingerprint density at radius 1 is 1.33 bits per heavy atom. The molecule has 0 aromatic carbocycles. The highest BCUT2D eigenvalue weighted by molar-refractivity contribution is 4.86. The second-order valence-corrected chi connectivity index (χ2v) is 3.63. The summed E-state index contributed by atoms with van der Waals surface area (Å²) in [5.41, 5.74) is 5.60. The van der Waals surface area contributed by atoms with Gasteiger partial charge in [0.05, 0.1) is 19.3 Å². The number of nitrogens with two attached hydrogens (primary N) is 1. The zero-order valence-corrected chi connectivity index (χ0v) is 6.98. The topological polar surface area (TPSA) is 64.7 Å².